The van der Waals surface area contributed by atoms with E-state index in [1.807, 2.05) is 0 Å². The second kappa shape index (κ2) is 10.5. The first-order valence-corrected chi connectivity index (χ1v) is 12.3. The number of carbonyl (C=O) groups excluding carboxylic acids is 2. The molecule has 1 aromatic carbocycles. The van der Waals surface area contributed by atoms with Gasteiger partial charge in [-0.2, -0.15) is 0 Å². The van der Waals surface area contributed by atoms with Crippen LogP contribution in [0.2, 0.25) is 0 Å². The lowest BCUT2D eigenvalue weighted by atomic mass is 10.2. The highest BCUT2D eigenvalue weighted by Crippen LogP contribution is 2.26. The van der Waals surface area contributed by atoms with Gasteiger partial charge >= 0.3 is 11.8 Å². The molecular formula is C23H25FN6O5S. The Morgan fingerprint density at radius 2 is 1.64 bits per heavy atom. The van der Waals surface area contributed by atoms with E-state index >= 15 is 0 Å². The summed E-state index contributed by atoms with van der Waals surface area (Å²) in [6, 6.07) is 5.52. The third-order valence-corrected chi connectivity index (χ3v) is 6.82. The summed E-state index contributed by atoms with van der Waals surface area (Å²) in [6.45, 7) is 3.47. The molecule has 0 aliphatic carbocycles. The van der Waals surface area contributed by atoms with Crippen LogP contribution in [0, 0.1) is 5.82 Å². The Bertz CT molecular complexity index is 1430. The lowest BCUT2D eigenvalue weighted by molar-refractivity contribution is -0.129. The molecule has 0 N–H and O–H groups in total. The fourth-order valence-electron chi connectivity index (χ4n) is 3.84. The van der Waals surface area contributed by atoms with Crippen LogP contribution < -0.4 is 11.2 Å². The molecule has 1 fully saturated rings. The lowest BCUT2D eigenvalue weighted by Crippen LogP contribution is -2.51. The Balaban J connectivity index is 1.62. The van der Waals surface area contributed by atoms with Crippen LogP contribution in [0.1, 0.15) is 6.92 Å². The largest absolute Gasteiger partial charge is 0.450 e. The average Bonchev–Trinajstić information content (AvgIpc) is 2.89. The van der Waals surface area contributed by atoms with Crippen LogP contribution in [0.4, 0.5) is 9.18 Å². The van der Waals surface area contributed by atoms with Gasteiger partial charge in [-0.05, 0) is 31.2 Å². The number of hydrogen-bond donors (Lipinski definition) is 0. The van der Waals surface area contributed by atoms with Crippen LogP contribution in [0.5, 0.6) is 0 Å². The van der Waals surface area contributed by atoms with Gasteiger partial charge in [0.25, 0.3) is 5.56 Å². The number of nitrogens with zero attached hydrogens (tertiary/aromatic N) is 6. The molecule has 0 spiro atoms. The van der Waals surface area contributed by atoms with Crippen molar-refractivity contribution < 1.29 is 18.7 Å². The zero-order valence-corrected chi connectivity index (χ0v) is 20.9. The zero-order valence-electron chi connectivity index (χ0n) is 20.1. The van der Waals surface area contributed by atoms with Crippen molar-refractivity contribution in [2.45, 2.75) is 11.9 Å². The number of halogens is 1. The maximum atomic E-state index is 13.4. The summed E-state index contributed by atoms with van der Waals surface area (Å²) in [7, 11) is 2.86. The number of fused-ring (bicyclic) bond motifs is 1. The number of ether oxygens (including phenoxy) is 1. The van der Waals surface area contributed by atoms with E-state index in [-0.39, 0.29) is 40.2 Å². The van der Waals surface area contributed by atoms with Gasteiger partial charge in [0.2, 0.25) is 5.91 Å². The minimum atomic E-state index is -0.572. The molecule has 190 valence electrons. The fourth-order valence-corrected chi connectivity index (χ4v) is 4.75. The molecule has 0 bridgehead atoms. The fraction of sp³-hybridized carbons (Fsp3) is 0.391. The molecule has 0 radical (unpaired) electrons. The number of benzene rings is 1. The highest BCUT2D eigenvalue weighted by molar-refractivity contribution is 8.00. The highest BCUT2D eigenvalue weighted by atomic mass is 32.2. The van der Waals surface area contributed by atoms with E-state index in [1.165, 1.54) is 42.9 Å². The van der Waals surface area contributed by atoms with E-state index in [0.29, 0.717) is 31.7 Å². The number of thioether (sulfide) groups is 1. The van der Waals surface area contributed by atoms with E-state index in [9.17, 15) is 23.6 Å². The Labute approximate surface area is 209 Å². The Kier molecular flexibility index (Phi) is 7.38. The molecule has 1 aliphatic heterocycles. The second-order valence-corrected chi connectivity index (χ2v) is 9.08. The molecule has 0 unspecified atom stereocenters. The van der Waals surface area contributed by atoms with Gasteiger partial charge in [-0.25, -0.2) is 23.9 Å². The highest BCUT2D eigenvalue weighted by Gasteiger charge is 2.26. The molecule has 4 rings (SSSR count). The van der Waals surface area contributed by atoms with Crippen molar-refractivity contribution in [3.63, 3.8) is 0 Å². The first-order chi connectivity index (χ1) is 17.2. The van der Waals surface area contributed by atoms with Crippen LogP contribution >= 0.6 is 11.8 Å². The number of piperazine rings is 1. The van der Waals surface area contributed by atoms with Crippen molar-refractivity contribution >= 4 is 34.8 Å². The predicted octanol–water partition coefficient (Wildman–Crippen LogP) is 1.23. The molecule has 11 nitrogen and oxygen atoms in total. The minimum absolute atomic E-state index is 0.0135. The van der Waals surface area contributed by atoms with E-state index in [2.05, 4.69) is 9.97 Å². The molecule has 36 heavy (non-hydrogen) atoms. The Hall–Kier alpha value is -3.74. The van der Waals surface area contributed by atoms with Crippen LogP contribution in [0.3, 0.4) is 0 Å². The summed E-state index contributed by atoms with van der Waals surface area (Å²) in [5, 5.41) is 0.365. The van der Waals surface area contributed by atoms with Gasteiger partial charge in [0, 0.05) is 45.8 Å². The van der Waals surface area contributed by atoms with Gasteiger partial charge in [0.1, 0.15) is 16.2 Å². The average molecular weight is 517 g/mol. The van der Waals surface area contributed by atoms with E-state index in [4.69, 9.17) is 4.74 Å². The van der Waals surface area contributed by atoms with Crippen molar-refractivity contribution in [3.8, 4) is 11.4 Å². The number of amides is 2. The Morgan fingerprint density at radius 1 is 1.00 bits per heavy atom. The minimum Gasteiger partial charge on any atom is -0.450 e. The maximum absolute atomic E-state index is 13.4. The van der Waals surface area contributed by atoms with Crippen LogP contribution in [0.15, 0.2) is 38.9 Å². The maximum Gasteiger partial charge on any atom is 0.409 e. The number of hydrogen-bond acceptors (Lipinski definition) is 8. The molecular weight excluding hydrogens is 491 g/mol. The van der Waals surface area contributed by atoms with Gasteiger partial charge in [-0.15, -0.1) is 0 Å². The monoisotopic (exact) mass is 516 g/mol. The van der Waals surface area contributed by atoms with Crippen LogP contribution in [-0.2, 0) is 23.6 Å². The quantitative estimate of drug-likeness (QED) is 0.367. The van der Waals surface area contributed by atoms with Gasteiger partial charge in [0.15, 0.2) is 11.5 Å². The molecule has 13 heteroatoms. The van der Waals surface area contributed by atoms with Gasteiger partial charge in [-0.1, -0.05) is 11.8 Å². The summed E-state index contributed by atoms with van der Waals surface area (Å²) >= 11 is 1.07. The standard InChI is InChI=1S/C23H25FN6O5S/c1-4-35-23(34)30-11-9-29(10-12-30)16(31)13-36-20-17-19(27(2)22(33)28(3)21(17)32)25-18(26-20)14-5-7-15(24)8-6-14/h5-8H,4,9-13H2,1-3H3. The van der Waals surface area contributed by atoms with Crippen molar-refractivity contribution in [1.29, 1.82) is 0 Å². The van der Waals surface area contributed by atoms with Crippen molar-refractivity contribution in [2.24, 2.45) is 14.1 Å². The Morgan fingerprint density at radius 3 is 2.28 bits per heavy atom. The van der Waals surface area contributed by atoms with Crippen molar-refractivity contribution in [3.05, 3.63) is 50.9 Å². The molecule has 2 aromatic heterocycles. The molecule has 3 heterocycles. The van der Waals surface area contributed by atoms with Gasteiger partial charge in [0.05, 0.1) is 12.4 Å². The van der Waals surface area contributed by atoms with Gasteiger partial charge < -0.3 is 14.5 Å². The normalized spacial score (nSPS) is 13.8. The summed E-state index contributed by atoms with van der Waals surface area (Å²) in [5.41, 5.74) is -0.510. The van der Waals surface area contributed by atoms with Crippen LogP contribution in [0.25, 0.3) is 22.4 Å². The summed E-state index contributed by atoms with van der Waals surface area (Å²) in [5.74, 6) is -0.423. The number of rotatable bonds is 5. The molecule has 2 amide bonds. The first kappa shape index (κ1) is 25.4. The third kappa shape index (κ3) is 4.96. The summed E-state index contributed by atoms with van der Waals surface area (Å²) in [6.07, 6.45) is -0.402. The zero-order chi connectivity index (χ0) is 26.0. The SMILES string of the molecule is CCOC(=O)N1CCN(C(=O)CSc2nc(-c3ccc(F)cc3)nc3c2c(=O)n(C)c(=O)n3C)CC1. The van der Waals surface area contributed by atoms with E-state index in [0.717, 1.165) is 16.3 Å². The van der Waals surface area contributed by atoms with Gasteiger partial charge in [-0.3, -0.25) is 18.7 Å². The molecule has 1 aliphatic rings. The topological polar surface area (TPSA) is 120 Å². The van der Waals surface area contributed by atoms with Crippen LogP contribution in [-0.4, -0.2) is 79.4 Å². The molecule has 0 atom stereocenters. The number of aromatic nitrogens is 4. The predicted molar refractivity (Wildman–Crippen MR) is 131 cm³/mol. The summed E-state index contributed by atoms with van der Waals surface area (Å²) < 4.78 is 20.6. The number of carbonyl (C=O) groups is 2. The van der Waals surface area contributed by atoms with E-state index < -0.39 is 23.2 Å². The molecule has 3 aromatic rings. The smallest absolute Gasteiger partial charge is 0.409 e. The number of aryl methyl sites for hydroxylation is 1. The van der Waals surface area contributed by atoms with E-state index in [1.54, 1.807) is 16.7 Å². The van der Waals surface area contributed by atoms with Crippen molar-refractivity contribution in [2.75, 3.05) is 38.5 Å². The third-order valence-electron chi connectivity index (χ3n) is 5.86. The van der Waals surface area contributed by atoms with Crippen molar-refractivity contribution in [1.82, 2.24) is 28.9 Å². The first-order valence-electron chi connectivity index (χ1n) is 11.3. The summed E-state index contributed by atoms with van der Waals surface area (Å²) in [4.78, 5) is 62.4. The second-order valence-electron chi connectivity index (χ2n) is 8.12. The lowest BCUT2D eigenvalue weighted by Gasteiger charge is -2.34. The molecule has 0 saturated carbocycles. The molecule has 1 saturated heterocycles.